The number of hydrogen-bond donors (Lipinski definition) is 2. The number of nitrogens with zero attached hydrogens (tertiary/aromatic N) is 1. The molecule has 6 heteroatoms. The van der Waals surface area contributed by atoms with E-state index >= 15 is 0 Å². The molecule has 0 bridgehead atoms. The van der Waals surface area contributed by atoms with Crippen molar-refractivity contribution in [1.82, 2.24) is 15.5 Å². The third-order valence-electron chi connectivity index (χ3n) is 5.04. The fraction of sp³-hybridized carbons (Fsp3) is 0.875. The molecule has 1 heterocycles. The van der Waals surface area contributed by atoms with Crippen LogP contribution in [0.5, 0.6) is 0 Å². The van der Waals surface area contributed by atoms with E-state index in [0.717, 1.165) is 45.1 Å². The predicted molar refractivity (Wildman–Crippen MR) is 84.5 cm³/mol. The number of ether oxygens (including phenoxy) is 1. The van der Waals surface area contributed by atoms with Gasteiger partial charge in [0.1, 0.15) is 5.54 Å². The van der Waals surface area contributed by atoms with Gasteiger partial charge >= 0.3 is 0 Å². The van der Waals surface area contributed by atoms with E-state index in [1.165, 1.54) is 6.42 Å². The predicted octanol–water partition coefficient (Wildman–Crippen LogP) is 0.662. The van der Waals surface area contributed by atoms with Crippen LogP contribution in [-0.2, 0) is 14.3 Å². The molecule has 0 aromatic carbocycles. The highest BCUT2D eigenvalue weighted by Crippen LogP contribution is 2.38. The van der Waals surface area contributed by atoms with E-state index in [-0.39, 0.29) is 17.9 Å². The highest BCUT2D eigenvalue weighted by Gasteiger charge is 2.49. The molecule has 2 aliphatic rings. The van der Waals surface area contributed by atoms with Gasteiger partial charge in [-0.25, -0.2) is 0 Å². The van der Waals surface area contributed by atoms with Crippen LogP contribution in [0.3, 0.4) is 0 Å². The van der Waals surface area contributed by atoms with E-state index in [1.54, 1.807) is 14.2 Å². The minimum absolute atomic E-state index is 0.0309. The van der Waals surface area contributed by atoms with Gasteiger partial charge in [-0.3, -0.25) is 14.5 Å². The van der Waals surface area contributed by atoms with E-state index in [4.69, 9.17) is 4.74 Å². The van der Waals surface area contributed by atoms with E-state index in [0.29, 0.717) is 13.2 Å². The zero-order chi connectivity index (χ0) is 16.0. The van der Waals surface area contributed by atoms with Gasteiger partial charge in [0, 0.05) is 27.2 Å². The average molecular weight is 311 g/mol. The normalized spacial score (nSPS) is 24.9. The monoisotopic (exact) mass is 311 g/mol. The van der Waals surface area contributed by atoms with Crippen molar-refractivity contribution < 1.29 is 14.3 Å². The summed E-state index contributed by atoms with van der Waals surface area (Å²) < 4.78 is 4.98. The van der Waals surface area contributed by atoms with Crippen LogP contribution in [0.2, 0.25) is 0 Å². The highest BCUT2D eigenvalue weighted by atomic mass is 16.5. The van der Waals surface area contributed by atoms with Crippen LogP contribution in [0.1, 0.15) is 44.9 Å². The minimum Gasteiger partial charge on any atom is -0.383 e. The molecule has 0 aromatic heterocycles. The van der Waals surface area contributed by atoms with Crippen molar-refractivity contribution in [2.45, 2.75) is 56.5 Å². The van der Waals surface area contributed by atoms with Crippen LogP contribution in [-0.4, -0.2) is 62.1 Å². The van der Waals surface area contributed by atoms with Crippen LogP contribution in [0.4, 0.5) is 0 Å². The van der Waals surface area contributed by atoms with Gasteiger partial charge in [0.25, 0.3) is 0 Å². The molecule has 0 spiro atoms. The van der Waals surface area contributed by atoms with Gasteiger partial charge in [-0.05, 0) is 25.7 Å². The maximum Gasteiger partial charge on any atom is 0.240 e. The Hall–Kier alpha value is -1.14. The fourth-order valence-corrected chi connectivity index (χ4v) is 3.96. The summed E-state index contributed by atoms with van der Waals surface area (Å²) >= 11 is 0. The lowest BCUT2D eigenvalue weighted by molar-refractivity contribution is -0.140. The van der Waals surface area contributed by atoms with Gasteiger partial charge in [0.05, 0.1) is 12.6 Å². The van der Waals surface area contributed by atoms with Crippen LogP contribution in [0.25, 0.3) is 0 Å². The summed E-state index contributed by atoms with van der Waals surface area (Å²) in [5.74, 6) is 0.104. The second-order valence-electron chi connectivity index (χ2n) is 6.31. The molecule has 0 aromatic rings. The minimum atomic E-state index is -0.493. The van der Waals surface area contributed by atoms with Gasteiger partial charge in [0.15, 0.2) is 0 Å². The Morgan fingerprint density at radius 3 is 2.59 bits per heavy atom. The summed E-state index contributed by atoms with van der Waals surface area (Å²) in [5, 5.41) is 5.76. The third kappa shape index (κ3) is 3.43. The first-order valence-corrected chi connectivity index (χ1v) is 8.41. The Morgan fingerprint density at radius 2 is 1.95 bits per heavy atom. The van der Waals surface area contributed by atoms with Crippen molar-refractivity contribution >= 4 is 11.8 Å². The van der Waals surface area contributed by atoms with Gasteiger partial charge in [-0.1, -0.05) is 19.3 Å². The standard InChI is InChI=1S/C16H29N3O3/c1-17-15(21)16(8-4-3-5-9-16)19-11-6-7-13(19)14(20)18-10-12-22-2/h13H,3-12H2,1-2H3,(H,17,21)(H,18,20)/t13-/m0/s1. The summed E-state index contributed by atoms with van der Waals surface area (Å²) in [5.41, 5.74) is -0.493. The summed E-state index contributed by atoms with van der Waals surface area (Å²) in [6.45, 7) is 1.86. The van der Waals surface area contributed by atoms with E-state index in [2.05, 4.69) is 15.5 Å². The molecule has 22 heavy (non-hydrogen) atoms. The molecule has 2 amide bonds. The highest BCUT2D eigenvalue weighted by molar-refractivity contribution is 5.88. The second kappa shape index (κ2) is 7.92. The number of amides is 2. The lowest BCUT2D eigenvalue weighted by Gasteiger charge is -2.45. The number of likely N-dealkylation sites (N-methyl/N-ethyl adjacent to an activating group) is 1. The van der Waals surface area contributed by atoms with Gasteiger partial charge in [-0.15, -0.1) is 0 Å². The summed E-state index contributed by atoms with van der Waals surface area (Å²) in [6.07, 6.45) is 6.81. The molecule has 0 unspecified atom stereocenters. The first-order valence-electron chi connectivity index (χ1n) is 8.41. The maximum absolute atomic E-state index is 12.6. The van der Waals surface area contributed by atoms with Crippen LogP contribution in [0.15, 0.2) is 0 Å². The Bertz CT molecular complexity index is 394. The van der Waals surface area contributed by atoms with Crippen molar-refractivity contribution in [1.29, 1.82) is 0 Å². The molecule has 1 saturated heterocycles. The maximum atomic E-state index is 12.6. The number of carbonyl (C=O) groups excluding carboxylic acids is 2. The Kier molecular flexibility index (Phi) is 6.20. The molecule has 1 saturated carbocycles. The number of methoxy groups -OCH3 is 1. The fourth-order valence-electron chi connectivity index (χ4n) is 3.96. The van der Waals surface area contributed by atoms with E-state index in [1.807, 2.05) is 0 Å². The summed E-state index contributed by atoms with van der Waals surface area (Å²) in [7, 11) is 3.32. The molecule has 1 aliphatic heterocycles. The molecule has 2 rings (SSSR count). The molecule has 1 atom stereocenters. The lowest BCUT2D eigenvalue weighted by Crippen LogP contribution is -2.63. The number of hydrogen-bond acceptors (Lipinski definition) is 4. The van der Waals surface area contributed by atoms with Crippen molar-refractivity contribution in [2.24, 2.45) is 0 Å². The molecular formula is C16H29N3O3. The molecule has 6 nitrogen and oxygen atoms in total. The van der Waals surface area contributed by atoms with Crippen molar-refractivity contribution in [3.05, 3.63) is 0 Å². The van der Waals surface area contributed by atoms with E-state index in [9.17, 15) is 9.59 Å². The molecule has 1 aliphatic carbocycles. The van der Waals surface area contributed by atoms with Crippen molar-refractivity contribution in [3.8, 4) is 0 Å². The quantitative estimate of drug-likeness (QED) is 0.707. The molecule has 0 radical (unpaired) electrons. The third-order valence-corrected chi connectivity index (χ3v) is 5.04. The molecule has 2 fully saturated rings. The molecular weight excluding hydrogens is 282 g/mol. The Labute approximate surface area is 132 Å². The van der Waals surface area contributed by atoms with Crippen LogP contribution < -0.4 is 10.6 Å². The van der Waals surface area contributed by atoms with Gasteiger partial charge < -0.3 is 15.4 Å². The Balaban J connectivity index is 2.12. The van der Waals surface area contributed by atoms with E-state index < -0.39 is 5.54 Å². The van der Waals surface area contributed by atoms with Crippen LogP contribution >= 0.6 is 0 Å². The summed E-state index contributed by atoms with van der Waals surface area (Å²) in [4.78, 5) is 27.3. The van der Waals surface area contributed by atoms with Gasteiger partial charge in [-0.2, -0.15) is 0 Å². The SMILES string of the molecule is CNC(=O)C1(N2CCC[C@H]2C(=O)NCCOC)CCCCC1. The average Bonchev–Trinajstić information content (AvgIpc) is 3.05. The smallest absolute Gasteiger partial charge is 0.240 e. The second-order valence-corrected chi connectivity index (χ2v) is 6.31. The van der Waals surface area contributed by atoms with Crippen molar-refractivity contribution in [2.75, 3.05) is 33.9 Å². The van der Waals surface area contributed by atoms with Gasteiger partial charge in [0.2, 0.25) is 11.8 Å². The Morgan fingerprint density at radius 1 is 1.23 bits per heavy atom. The largest absolute Gasteiger partial charge is 0.383 e. The zero-order valence-electron chi connectivity index (χ0n) is 13.8. The summed E-state index contributed by atoms with van der Waals surface area (Å²) in [6, 6.07) is -0.188. The number of nitrogens with one attached hydrogen (secondary N) is 2. The molecule has 2 N–H and O–H groups in total. The lowest BCUT2D eigenvalue weighted by atomic mass is 9.79. The number of carbonyl (C=O) groups is 2. The zero-order valence-corrected chi connectivity index (χ0v) is 13.8. The first kappa shape index (κ1) is 17.2. The first-order chi connectivity index (χ1) is 10.7. The van der Waals surface area contributed by atoms with Crippen LogP contribution in [0, 0.1) is 0 Å². The van der Waals surface area contributed by atoms with Crippen molar-refractivity contribution in [3.63, 3.8) is 0 Å². The molecule has 126 valence electrons. The topological polar surface area (TPSA) is 70.7 Å². The number of likely N-dealkylation sites (tertiary alicyclic amines) is 1. The number of rotatable bonds is 6.